The van der Waals surface area contributed by atoms with Crippen molar-refractivity contribution in [3.8, 4) is 12.3 Å². The Hall–Kier alpha value is -0.520. The first-order chi connectivity index (χ1) is 5.59. The van der Waals surface area contributed by atoms with Crippen LogP contribution in [0.5, 0.6) is 0 Å². The van der Waals surface area contributed by atoms with E-state index < -0.39 is 0 Å². The molecule has 1 aliphatic rings. The molecule has 0 bridgehead atoms. The lowest BCUT2D eigenvalue weighted by molar-refractivity contribution is 0.143. The van der Waals surface area contributed by atoms with Crippen LogP contribution in [-0.2, 0) is 0 Å². The van der Waals surface area contributed by atoms with Crippen molar-refractivity contribution in [1.82, 2.24) is 4.90 Å². The molecule has 1 saturated heterocycles. The number of nitrogens with two attached hydrogens (primary N) is 1. The molecule has 0 radical (unpaired) electrons. The number of likely N-dealkylation sites (tertiary alicyclic amines) is 1. The molecule has 0 aromatic rings. The first kappa shape index (κ1) is 9.57. The van der Waals surface area contributed by atoms with E-state index in [0.717, 1.165) is 13.1 Å². The molecule has 1 aliphatic heterocycles. The summed E-state index contributed by atoms with van der Waals surface area (Å²) in [5.41, 5.74) is 5.82. The van der Waals surface area contributed by atoms with Gasteiger partial charge < -0.3 is 5.73 Å². The van der Waals surface area contributed by atoms with Crippen LogP contribution < -0.4 is 5.73 Å². The Kier molecular flexibility index (Phi) is 2.76. The number of nitrogens with zero attached hydrogens (tertiary/aromatic N) is 1. The summed E-state index contributed by atoms with van der Waals surface area (Å²) in [7, 11) is 0. The highest BCUT2D eigenvalue weighted by atomic mass is 15.2. The fraction of sp³-hybridized carbons (Fsp3) is 0.800. The van der Waals surface area contributed by atoms with Gasteiger partial charge in [-0.25, -0.2) is 0 Å². The van der Waals surface area contributed by atoms with Gasteiger partial charge in [-0.1, -0.05) is 5.92 Å². The SMILES string of the molecule is C#CC(N)C(C)(C)N1CCCC1. The molecule has 1 rings (SSSR count). The first-order valence-corrected chi connectivity index (χ1v) is 4.56. The van der Waals surface area contributed by atoms with Crippen LogP contribution in [-0.4, -0.2) is 29.6 Å². The second-order valence-corrected chi connectivity index (χ2v) is 3.99. The van der Waals surface area contributed by atoms with E-state index in [1.807, 2.05) is 0 Å². The van der Waals surface area contributed by atoms with Crippen molar-refractivity contribution in [3.05, 3.63) is 0 Å². The summed E-state index contributed by atoms with van der Waals surface area (Å²) in [6.07, 6.45) is 7.88. The molecular formula is C10H18N2. The van der Waals surface area contributed by atoms with E-state index in [1.165, 1.54) is 12.8 Å². The number of hydrogen-bond donors (Lipinski definition) is 1. The quantitative estimate of drug-likeness (QED) is 0.615. The number of hydrogen-bond acceptors (Lipinski definition) is 2. The van der Waals surface area contributed by atoms with Gasteiger partial charge in [0, 0.05) is 5.54 Å². The zero-order valence-electron chi connectivity index (χ0n) is 8.01. The minimum Gasteiger partial charge on any atom is -0.316 e. The molecule has 2 N–H and O–H groups in total. The Balaban J connectivity index is 2.63. The number of rotatable bonds is 2. The lowest BCUT2D eigenvalue weighted by Gasteiger charge is -2.37. The Morgan fingerprint density at radius 1 is 1.42 bits per heavy atom. The van der Waals surface area contributed by atoms with Crippen molar-refractivity contribution >= 4 is 0 Å². The van der Waals surface area contributed by atoms with Crippen LogP contribution in [0, 0.1) is 12.3 Å². The van der Waals surface area contributed by atoms with Gasteiger partial charge in [-0.3, -0.25) is 4.90 Å². The summed E-state index contributed by atoms with van der Waals surface area (Å²) in [5.74, 6) is 2.62. The highest BCUT2D eigenvalue weighted by Crippen LogP contribution is 2.22. The van der Waals surface area contributed by atoms with E-state index in [9.17, 15) is 0 Å². The van der Waals surface area contributed by atoms with Gasteiger partial charge in [-0.2, -0.15) is 0 Å². The Bertz CT molecular complexity index is 185. The van der Waals surface area contributed by atoms with Crippen LogP contribution in [0.15, 0.2) is 0 Å². The van der Waals surface area contributed by atoms with Crippen LogP contribution in [0.4, 0.5) is 0 Å². The summed E-state index contributed by atoms with van der Waals surface area (Å²) in [5, 5.41) is 0. The molecule has 0 spiro atoms. The van der Waals surface area contributed by atoms with Gasteiger partial charge in [0.05, 0.1) is 6.04 Å². The normalized spacial score (nSPS) is 22.2. The highest BCUT2D eigenvalue weighted by Gasteiger charge is 2.33. The first-order valence-electron chi connectivity index (χ1n) is 4.56. The largest absolute Gasteiger partial charge is 0.316 e. The second kappa shape index (κ2) is 3.47. The molecule has 2 nitrogen and oxygen atoms in total. The smallest absolute Gasteiger partial charge is 0.0843 e. The van der Waals surface area contributed by atoms with E-state index >= 15 is 0 Å². The van der Waals surface area contributed by atoms with Crippen molar-refractivity contribution in [2.24, 2.45) is 5.73 Å². The monoisotopic (exact) mass is 166 g/mol. The van der Waals surface area contributed by atoms with Crippen LogP contribution >= 0.6 is 0 Å². The zero-order chi connectivity index (χ0) is 9.19. The summed E-state index contributed by atoms with van der Waals surface area (Å²) < 4.78 is 0. The molecule has 12 heavy (non-hydrogen) atoms. The molecule has 0 aromatic heterocycles. The van der Waals surface area contributed by atoms with Crippen LogP contribution in [0.3, 0.4) is 0 Å². The van der Waals surface area contributed by atoms with Crippen LogP contribution in [0.2, 0.25) is 0 Å². The molecule has 0 aliphatic carbocycles. The summed E-state index contributed by atoms with van der Waals surface area (Å²) in [6.45, 7) is 6.54. The lowest BCUT2D eigenvalue weighted by Crippen LogP contribution is -2.54. The van der Waals surface area contributed by atoms with Crippen LogP contribution in [0.25, 0.3) is 0 Å². The molecule has 2 heteroatoms. The van der Waals surface area contributed by atoms with Gasteiger partial charge >= 0.3 is 0 Å². The summed E-state index contributed by atoms with van der Waals surface area (Å²) >= 11 is 0. The topological polar surface area (TPSA) is 29.3 Å². The predicted molar refractivity (Wildman–Crippen MR) is 51.7 cm³/mol. The maximum absolute atomic E-state index is 5.85. The van der Waals surface area contributed by atoms with E-state index in [1.54, 1.807) is 0 Å². The predicted octanol–water partition coefficient (Wildman–Crippen LogP) is 0.821. The highest BCUT2D eigenvalue weighted by molar-refractivity contribution is 5.09. The average molecular weight is 166 g/mol. The van der Waals surface area contributed by atoms with Gasteiger partial charge in [0.25, 0.3) is 0 Å². The maximum atomic E-state index is 5.85. The third-order valence-corrected chi connectivity index (χ3v) is 2.86. The minimum atomic E-state index is -0.157. The van der Waals surface area contributed by atoms with E-state index in [0.29, 0.717) is 0 Å². The van der Waals surface area contributed by atoms with Crippen molar-refractivity contribution < 1.29 is 0 Å². The molecule has 0 aromatic carbocycles. The van der Waals surface area contributed by atoms with Gasteiger partial charge in [0.1, 0.15) is 0 Å². The van der Waals surface area contributed by atoms with Crippen molar-refractivity contribution in [2.45, 2.75) is 38.3 Å². The molecule has 0 amide bonds. The number of terminal acetylenes is 1. The van der Waals surface area contributed by atoms with Gasteiger partial charge in [-0.05, 0) is 39.8 Å². The standard InChI is InChI=1S/C10H18N2/c1-4-9(11)10(2,3)12-7-5-6-8-12/h1,9H,5-8,11H2,2-3H3. The summed E-state index contributed by atoms with van der Waals surface area (Å²) in [6, 6.07) is -0.157. The molecule has 0 saturated carbocycles. The van der Waals surface area contributed by atoms with E-state index in [2.05, 4.69) is 24.7 Å². The Labute approximate surface area is 75.1 Å². The fourth-order valence-corrected chi connectivity index (χ4v) is 1.69. The average Bonchev–Trinajstić information content (AvgIpc) is 2.55. The van der Waals surface area contributed by atoms with E-state index in [4.69, 9.17) is 12.2 Å². The molecular weight excluding hydrogens is 148 g/mol. The lowest BCUT2D eigenvalue weighted by atomic mass is 9.94. The zero-order valence-corrected chi connectivity index (χ0v) is 8.01. The molecule has 1 atom stereocenters. The van der Waals surface area contributed by atoms with Gasteiger partial charge in [0.15, 0.2) is 0 Å². The minimum absolute atomic E-state index is 0.0365. The van der Waals surface area contributed by atoms with Gasteiger partial charge in [0.2, 0.25) is 0 Å². The van der Waals surface area contributed by atoms with Crippen molar-refractivity contribution in [1.29, 1.82) is 0 Å². The Morgan fingerprint density at radius 3 is 2.33 bits per heavy atom. The second-order valence-electron chi connectivity index (χ2n) is 3.99. The molecule has 1 fully saturated rings. The Morgan fingerprint density at radius 2 is 1.92 bits per heavy atom. The van der Waals surface area contributed by atoms with Crippen molar-refractivity contribution in [3.63, 3.8) is 0 Å². The van der Waals surface area contributed by atoms with E-state index in [-0.39, 0.29) is 11.6 Å². The third-order valence-electron chi connectivity index (χ3n) is 2.86. The molecule has 1 unspecified atom stereocenters. The van der Waals surface area contributed by atoms with Gasteiger partial charge in [-0.15, -0.1) is 6.42 Å². The molecule has 1 heterocycles. The molecule has 68 valence electrons. The van der Waals surface area contributed by atoms with Crippen LogP contribution in [0.1, 0.15) is 26.7 Å². The third kappa shape index (κ3) is 1.63. The maximum Gasteiger partial charge on any atom is 0.0843 e. The van der Waals surface area contributed by atoms with Crippen molar-refractivity contribution in [2.75, 3.05) is 13.1 Å². The fourth-order valence-electron chi connectivity index (χ4n) is 1.69. The summed E-state index contributed by atoms with van der Waals surface area (Å²) in [4.78, 5) is 2.39.